The number of thiocarbonyl (C=S) groups is 1. The molecule has 1 atom stereocenters. The van der Waals surface area contributed by atoms with Crippen molar-refractivity contribution in [3.8, 4) is 0 Å². The van der Waals surface area contributed by atoms with Crippen LogP contribution in [-0.4, -0.2) is 34.7 Å². The van der Waals surface area contributed by atoms with Crippen molar-refractivity contribution in [3.63, 3.8) is 0 Å². The fraction of sp³-hybridized carbons (Fsp3) is 0.550. The highest BCUT2D eigenvalue weighted by Gasteiger charge is 2.11. The van der Waals surface area contributed by atoms with Crippen molar-refractivity contribution < 1.29 is 14.8 Å². The molecule has 156 valence electrons. The Hall–Kier alpha value is -2.19. The average Bonchev–Trinajstić information content (AvgIpc) is 2.69. The van der Waals surface area contributed by atoms with Crippen LogP contribution in [-0.2, 0) is 9.59 Å². The second-order valence-corrected chi connectivity index (χ2v) is 7.09. The van der Waals surface area contributed by atoms with Gasteiger partial charge < -0.3 is 16.0 Å². The molecule has 2 amide bonds. The van der Waals surface area contributed by atoms with Gasteiger partial charge in [0.2, 0.25) is 11.8 Å². The summed E-state index contributed by atoms with van der Waals surface area (Å²) in [6.45, 7) is 2.74. The normalized spacial score (nSPS) is 11.4. The lowest BCUT2D eigenvalue weighted by Gasteiger charge is -2.21. The third-order valence-electron chi connectivity index (χ3n) is 4.25. The SMILES string of the molecule is CCCC[C@@H](CCCC(=O)NO)NC(=S)NCCCC(=O)Nc1ccccc1. The molecule has 0 unspecified atom stereocenters. The minimum Gasteiger partial charge on any atom is -0.363 e. The fourth-order valence-corrected chi connectivity index (χ4v) is 3.01. The van der Waals surface area contributed by atoms with Gasteiger partial charge in [-0.1, -0.05) is 38.0 Å². The molecular formula is C20H32N4O3S. The van der Waals surface area contributed by atoms with E-state index in [0.717, 1.165) is 31.4 Å². The topological polar surface area (TPSA) is 102 Å². The third kappa shape index (κ3) is 11.5. The first-order chi connectivity index (χ1) is 13.5. The minimum absolute atomic E-state index is 0.0186. The van der Waals surface area contributed by atoms with Crippen molar-refractivity contribution in [3.05, 3.63) is 30.3 Å². The van der Waals surface area contributed by atoms with Crippen molar-refractivity contribution in [1.29, 1.82) is 0 Å². The molecule has 1 aromatic rings. The van der Waals surface area contributed by atoms with Crippen LogP contribution in [0.25, 0.3) is 0 Å². The van der Waals surface area contributed by atoms with E-state index >= 15 is 0 Å². The van der Waals surface area contributed by atoms with Crippen LogP contribution in [0.2, 0.25) is 0 Å². The second kappa shape index (κ2) is 14.8. The van der Waals surface area contributed by atoms with Gasteiger partial charge in [-0.25, -0.2) is 5.48 Å². The summed E-state index contributed by atoms with van der Waals surface area (Å²) in [5.41, 5.74) is 2.45. The standard InChI is InChI=1S/C20H32N4O3S/c1-2-3-9-17(12-7-13-19(26)24-27)23-20(28)21-15-8-14-18(25)22-16-10-5-4-6-11-16/h4-6,10-11,17,27H,2-3,7-9,12-15H2,1H3,(H,22,25)(H,24,26)(H2,21,23,28)/t17-/m0/s1. The van der Waals surface area contributed by atoms with E-state index in [0.29, 0.717) is 30.9 Å². The Morgan fingerprint density at radius 3 is 2.39 bits per heavy atom. The number of hydroxylamine groups is 1. The maximum Gasteiger partial charge on any atom is 0.243 e. The van der Waals surface area contributed by atoms with Crippen molar-refractivity contribution in [2.75, 3.05) is 11.9 Å². The highest BCUT2D eigenvalue weighted by molar-refractivity contribution is 7.80. The Labute approximate surface area is 172 Å². The van der Waals surface area contributed by atoms with Gasteiger partial charge in [0, 0.05) is 31.1 Å². The zero-order valence-electron chi connectivity index (χ0n) is 16.5. The van der Waals surface area contributed by atoms with E-state index in [4.69, 9.17) is 17.4 Å². The maximum absolute atomic E-state index is 11.9. The van der Waals surface area contributed by atoms with Gasteiger partial charge in [0.1, 0.15) is 0 Å². The van der Waals surface area contributed by atoms with E-state index in [9.17, 15) is 9.59 Å². The molecule has 1 aromatic carbocycles. The number of carbonyl (C=O) groups is 2. The van der Waals surface area contributed by atoms with Crippen LogP contribution in [0.3, 0.4) is 0 Å². The lowest BCUT2D eigenvalue weighted by atomic mass is 10.0. The number of benzene rings is 1. The highest BCUT2D eigenvalue weighted by atomic mass is 32.1. The van der Waals surface area contributed by atoms with Crippen LogP contribution < -0.4 is 21.4 Å². The fourth-order valence-electron chi connectivity index (χ4n) is 2.74. The molecule has 0 saturated heterocycles. The third-order valence-corrected chi connectivity index (χ3v) is 4.51. The van der Waals surface area contributed by atoms with Crippen molar-refractivity contribution in [2.45, 2.75) is 64.3 Å². The van der Waals surface area contributed by atoms with Crippen molar-refractivity contribution >= 4 is 34.8 Å². The van der Waals surface area contributed by atoms with Gasteiger partial charge in [-0.05, 0) is 50.0 Å². The number of anilines is 1. The van der Waals surface area contributed by atoms with Gasteiger partial charge >= 0.3 is 0 Å². The lowest BCUT2D eigenvalue weighted by Crippen LogP contribution is -2.42. The summed E-state index contributed by atoms with van der Waals surface area (Å²) in [5, 5.41) is 18.4. The van der Waals surface area contributed by atoms with Crippen LogP contribution in [0.1, 0.15) is 58.3 Å². The molecule has 28 heavy (non-hydrogen) atoms. The highest BCUT2D eigenvalue weighted by Crippen LogP contribution is 2.09. The number of rotatable bonds is 13. The largest absolute Gasteiger partial charge is 0.363 e. The van der Waals surface area contributed by atoms with Crippen LogP contribution >= 0.6 is 12.2 Å². The number of para-hydroxylation sites is 1. The first-order valence-corrected chi connectivity index (χ1v) is 10.3. The van der Waals surface area contributed by atoms with Gasteiger partial charge in [-0.2, -0.15) is 0 Å². The van der Waals surface area contributed by atoms with Gasteiger partial charge in [-0.15, -0.1) is 0 Å². The number of carbonyl (C=O) groups excluding carboxylic acids is 2. The van der Waals surface area contributed by atoms with Crippen LogP contribution in [0.15, 0.2) is 30.3 Å². The zero-order chi connectivity index (χ0) is 20.6. The average molecular weight is 409 g/mol. The number of amides is 2. The molecule has 1 rings (SSSR count). The molecule has 0 aliphatic carbocycles. The summed E-state index contributed by atoms with van der Waals surface area (Å²) in [6.07, 6.45) is 6.00. The van der Waals surface area contributed by atoms with E-state index in [1.54, 1.807) is 5.48 Å². The zero-order valence-corrected chi connectivity index (χ0v) is 17.3. The monoisotopic (exact) mass is 408 g/mol. The van der Waals surface area contributed by atoms with E-state index < -0.39 is 0 Å². The summed E-state index contributed by atoms with van der Waals surface area (Å²) < 4.78 is 0. The quantitative estimate of drug-likeness (QED) is 0.149. The molecule has 0 saturated carbocycles. The molecule has 0 spiro atoms. The smallest absolute Gasteiger partial charge is 0.243 e. The Morgan fingerprint density at radius 1 is 1.04 bits per heavy atom. The number of nitrogens with one attached hydrogen (secondary N) is 4. The predicted molar refractivity (Wildman–Crippen MR) is 115 cm³/mol. The molecule has 0 bridgehead atoms. The molecule has 0 fully saturated rings. The van der Waals surface area contributed by atoms with Crippen LogP contribution in [0, 0.1) is 0 Å². The van der Waals surface area contributed by atoms with E-state index in [-0.39, 0.29) is 24.3 Å². The van der Waals surface area contributed by atoms with Gasteiger partial charge in [0.25, 0.3) is 0 Å². The first kappa shape index (κ1) is 23.8. The molecule has 0 heterocycles. The summed E-state index contributed by atoms with van der Waals surface area (Å²) in [7, 11) is 0. The van der Waals surface area contributed by atoms with E-state index in [2.05, 4.69) is 22.9 Å². The number of hydrogen-bond donors (Lipinski definition) is 5. The molecule has 0 aliphatic heterocycles. The van der Waals surface area contributed by atoms with E-state index in [1.165, 1.54) is 0 Å². The summed E-state index contributed by atoms with van der Waals surface area (Å²) in [5.74, 6) is -0.390. The van der Waals surface area contributed by atoms with Crippen LogP contribution in [0.4, 0.5) is 5.69 Å². The van der Waals surface area contributed by atoms with Crippen molar-refractivity contribution in [2.24, 2.45) is 0 Å². The minimum atomic E-state index is -0.372. The predicted octanol–water partition coefficient (Wildman–Crippen LogP) is 3.10. The Bertz CT molecular complexity index is 598. The maximum atomic E-state index is 11.9. The van der Waals surface area contributed by atoms with Crippen LogP contribution in [0.5, 0.6) is 0 Å². The molecule has 8 heteroatoms. The van der Waals surface area contributed by atoms with E-state index in [1.807, 2.05) is 30.3 Å². The molecule has 0 aliphatic rings. The van der Waals surface area contributed by atoms with Gasteiger partial charge in [0.15, 0.2) is 5.11 Å². The Morgan fingerprint density at radius 2 is 1.71 bits per heavy atom. The molecule has 7 nitrogen and oxygen atoms in total. The number of unbranched alkanes of at least 4 members (excludes halogenated alkanes) is 1. The summed E-state index contributed by atoms with van der Waals surface area (Å²) >= 11 is 5.35. The number of hydrogen-bond acceptors (Lipinski definition) is 4. The molecule has 5 N–H and O–H groups in total. The van der Waals surface area contributed by atoms with Gasteiger partial charge in [0.05, 0.1) is 0 Å². The Kier molecular flexibility index (Phi) is 12.6. The molecular weight excluding hydrogens is 376 g/mol. The van der Waals surface area contributed by atoms with Gasteiger partial charge in [-0.3, -0.25) is 14.8 Å². The second-order valence-electron chi connectivity index (χ2n) is 6.68. The summed E-state index contributed by atoms with van der Waals surface area (Å²) in [4.78, 5) is 23.0. The molecule has 0 aromatic heterocycles. The summed E-state index contributed by atoms with van der Waals surface area (Å²) in [6, 6.07) is 9.57. The van der Waals surface area contributed by atoms with Crippen molar-refractivity contribution in [1.82, 2.24) is 16.1 Å². The lowest BCUT2D eigenvalue weighted by molar-refractivity contribution is -0.129. The first-order valence-electron chi connectivity index (χ1n) is 9.87. The molecule has 0 radical (unpaired) electrons. The Balaban J connectivity index is 2.23.